The van der Waals surface area contributed by atoms with E-state index in [9.17, 15) is 14.9 Å². The third kappa shape index (κ3) is 3.85. The number of non-ortho nitro benzene ring substituents is 1. The van der Waals surface area contributed by atoms with E-state index in [1.165, 1.54) is 12.1 Å². The molecule has 0 aliphatic carbocycles. The zero-order valence-corrected chi connectivity index (χ0v) is 17.6. The number of nitro groups is 1. The van der Waals surface area contributed by atoms with E-state index in [2.05, 4.69) is 9.97 Å². The minimum absolute atomic E-state index is 0.0328. The summed E-state index contributed by atoms with van der Waals surface area (Å²) in [4.78, 5) is 35.9. The average Bonchev–Trinajstić information content (AvgIpc) is 2.85. The zero-order chi connectivity index (χ0) is 22.1. The van der Waals surface area contributed by atoms with Crippen molar-refractivity contribution in [2.24, 2.45) is 0 Å². The molecule has 0 saturated heterocycles. The molecule has 31 heavy (non-hydrogen) atoms. The van der Waals surface area contributed by atoms with Crippen LogP contribution in [0.2, 0.25) is 5.15 Å². The highest BCUT2D eigenvalue weighted by Gasteiger charge is 2.30. The van der Waals surface area contributed by atoms with Crippen molar-refractivity contribution in [2.45, 2.75) is 6.92 Å². The number of fused-ring (bicyclic) bond motifs is 2. The number of amides is 1. The molecule has 9 heteroatoms. The molecule has 3 aromatic rings. The maximum Gasteiger partial charge on any atom is 0.269 e. The number of rotatable bonds is 4. The quantitative estimate of drug-likeness (QED) is 0.327. The van der Waals surface area contributed by atoms with E-state index in [1.807, 2.05) is 24.0 Å². The molecule has 2 aromatic heterocycles. The summed E-state index contributed by atoms with van der Waals surface area (Å²) in [5.41, 5.74) is 2.66. The van der Waals surface area contributed by atoms with Gasteiger partial charge in [0.1, 0.15) is 11.0 Å². The summed E-state index contributed by atoms with van der Waals surface area (Å²) < 4.78 is 0. The number of hydrogen-bond donors (Lipinski definition) is 0. The first-order chi connectivity index (χ1) is 14.9. The normalized spacial score (nSPS) is 13.2. The SMILES string of the molecule is CCN1c2ncc(C=Cc3ccc([N+](=O)[O-])cc3)cc2C(=O)N(C)c2ccc(Cl)nc21. The van der Waals surface area contributed by atoms with Gasteiger partial charge in [0, 0.05) is 31.9 Å². The summed E-state index contributed by atoms with van der Waals surface area (Å²) in [6.07, 6.45) is 5.29. The molecule has 8 nitrogen and oxygen atoms in total. The van der Waals surface area contributed by atoms with Gasteiger partial charge in [-0.25, -0.2) is 9.97 Å². The van der Waals surface area contributed by atoms with Crippen LogP contribution >= 0.6 is 11.6 Å². The Morgan fingerprint density at radius 2 is 1.81 bits per heavy atom. The average molecular weight is 436 g/mol. The predicted octanol–water partition coefficient (Wildman–Crippen LogP) is 4.96. The number of hydrogen-bond acceptors (Lipinski definition) is 6. The predicted molar refractivity (Wildman–Crippen MR) is 121 cm³/mol. The van der Waals surface area contributed by atoms with Gasteiger partial charge in [-0.1, -0.05) is 23.8 Å². The second-order valence-electron chi connectivity index (χ2n) is 6.91. The van der Waals surface area contributed by atoms with Crippen LogP contribution in [0.1, 0.15) is 28.4 Å². The summed E-state index contributed by atoms with van der Waals surface area (Å²) in [7, 11) is 1.69. The second-order valence-corrected chi connectivity index (χ2v) is 7.29. The molecule has 0 N–H and O–H groups in total. The van der Waals surface area contributed by atoms with Crippen LogP contribution in [0.4, 0.5) is 23.0 Å². The number of nitro benzene ring substituents is 1. The third-order valence-corrected chi connectivity index (χ3v) is 5.21. The maximum atomic E-state index is 13.2. The van der Waals surface area contributed by atoms with E-state index >= 15 is 0 Å². The number of carbonyl (C=O) groups excluding carboxylic acids is 1. The first-order valence-electron chi connectivity index (χ1n) is 9.53. The van der Waals surface area contributed by atoms with Crippen LogP contribution in [0.25, 0.3) is 12.2 Å². The Balaban J connectivity index is 1.72. The van der Waals surface area contributed by atoms with Crippen molar-refractivity contribution in [3.8, 4) is 0 Å². The molecule has 0 saturated carbocycles. The third-order valence-electron chi connectivity index (χ3n) is 5.00. The van der Waals surface area contributed by atoms with Gasteiger partial charge in [0.2, 0.25) is 0 Å². The Morgan fingerprint density at radius 1 is 1.10 bits per heavy atom. The fourth-order valence-electron chi connectivity index (χ4n) is 3.41. The highest BCUT2D eigenvalue weighted by atomic mass is 35.5. The van der Waals surface area contributed by atoms with Crippen molar-refractivity contribution < 1.29 is 9.72 Å². The summed E-state index contributed by atoms with van der Waals surface area (Å²) >= 11 is 6.11. The zero-order valence-electron chi connectivity index (χ0n) is 16.8. The van der Waals surface area contributed by atoms with Crippen LogP contribution in [0.5, 0.6) is 0 Å². The smallest absolute Gasteiger partial charge is 0.269 e. The number of pyridine rings is 2. The first-order valence-corrected chi connectivity index (χ1v) is 9.91. The lowest BCUT2D eigenvalue weighted by atomic mass is 10.1. The standard InChI is InChI=1S/C22H18ClN5O3/c1-3-27-20-17(22(29)26(2)18-10-11-19(23)25-21(18)27)12-15(13-24-20)5-4-14-6-8-16(9-7-14)28(30)31/h4-13H,3H2,1-2H3. The minimum Gasteiger partial charge on any atom is -0.309 e. The van der Waals surface area contributed by atoms with Crippen LogP contribution < -0.4 is 9.80 Å². The molecule has 0 bridgehead atoms. The van der Waals surface area contributed by atoms with E-state index in [4.69, 9.17) is 11.6 Å². The molecule has 0 radical (unpaired) electrons. The van der Waals surface area contributed by atoms with Crippen LogP contribution in [-0.2, 0) is 0 Å². The first kappa shape index (κ1) is 20.5. The Bertz CT molecular complexity index is 1210. The Hall–Kier alpha value is -3.78. The fourth-order valence-corrected chi connectivity index (χ4v) is 3.55. The van der Waals surface area contributed by atoms with Crippen LogP contribution in [0, 0.1) is 10.1 Å². The molecule has 0 atom stereocenters. The Labute approximate surface area is 183 Å². The number of anilines is 3. The van der Waals surface area contributed by atoms with E-state index in [0.717, 1.165) is 11.1 Å². The molecular weight excluding hydrogens is 418 g/mol. The van der Waals surface area contributed by atoms with Crippen molar-refractivity contribution in [3.05, 3.63) is 80.6 Å². The van der Waals surface area contributed by atoms with Crippen molar-refractivity contribution in [1.82, 2.24) is 9.97 Å². The number of benzene rings is 1. The molecule has 1 aromatic carbocycles. The molecule has 1 aliphatic heterocycles. The molecule has 1 amide bonds. The van der Waals surface area contributed by atoms with Gasteiger partial charge in [0.15, 0.2) is 5.82 Å². The van der Waals surface area contributed by atoms with Crippen LogP contribution in [-0.4, -0.2) is 34.4 Å². The number of aromatic nitrogens is 2. The second kappa shape index (κ2) is 8.16. The van der Waals surface area contributed by atoms with Gasteiger partial charge in [0.05, 0.1) is 16.2 Å². The van der Waals surface area contributed by atoms with Gasteiger partial charge in [-0.05, 0) is 48.4 Å². The van der Waals surface area contributed by atoms with Gasteiger partial charge >= 0.3 is 0 Å². The van der Waals surface area contributed by atoms with E-state index in [0.29, 0.717) is 34.6 Å². The van der Waals surface area contributed by atoms with Crippen LogP contribution in [0.15, 0.2) is 48.7 Å². The summed E-state index contributed by atoms with van der Waals surface area (Å²) in [6, 6.07) is 11.4. The maximum absolute atomic E-state index is 13.2. The minimum atomic E-state index is -0.439. The van der Waals surface area contributed by atoms with E-state index in [-0.39, 0.29) is 11.6 Å². The summed E-state index contributed by atoms with van der Waals surface area (Å²) in [5, 5.41) is 11.1. The lowest BCUT2D eigenvalue weighted by Crippen LogP contribution is -2.25. The molecule has 3 heterocycles. The van der Waals surface area contributed by atoms with Gasteiger partial charge in [-0.15, -0.1) is 0 Å². The largest absolute Gasteiger partial charge is 0.309 e. The van der Waals surface area contributed by atoms with Gasteiger partial charge in [-0.2, -0.15) is 0 Å². The summed E-state index contributed by atoms with van der Waals surface area (Å²) in [6.45, 7) is 2.51. The molecular formula is C22H18ClN5O3. The Morgan fingerprint density at radius 3 is 2.48 bits per heavy atom. The van der Waals surface area contributed by atoms with Gasteiger partial charge in [0.25, 0.3) is 11.6 Å². The van der Waals surface area contributed by atoms with Crippen molar-refractivity contribution >= 4 is 52.7 Å². The number of nitrogens with zero attached hydrogens (tertiary/aromatic N) is 5. The molecule has 0 spiro atoms. The highest BCUT2D eigenvalue weighted by Crippen LogP contribution is 2.38. The lowest BCUT2D eigenvalue weighted by molar-refractivity contribution is -0.384. The lowest BCUT2D eigenvalue weighted by Gasteiger charge is -2.22. The van der Waals surface area contributed by atoms with Crippen molar-refractivity contribution in [3.63, 3.8) is 0 Å². The van der Waals surface area contributed by atoms with E-state index < -0.39 is 4.92 Å². The molecule has 0 fully saturated rings. The van der Waals surface area contributed by atoms with Crippen LogP contribution in [0.3, 0.4) is 0 Å². The van der Waals surface area contributed by atoms with E-state index in [1.54, 1.807) is 48.5 Å². The number of halogens is 1. The number of carbonyl (C=O) groups is 1. The van der Waals surface area contributed by atoms with Gasteiger partial charge in [-0.3, -0.25) is 14.9 Å². The molecule has 0 unspecified atom stereocenters. The van der Waals surface area contributed by atoms with Crippen molar-refractivity contribution in [1.29, 1.82) is 0 Å². The highest BCUT2D eigenvalue weighted by molar-refractivity contribution is 6.29. The Kier molecular flexibility index (Phi) is 5.39. The monoisotopic (exact) mass is 435 g/mol. The summed E-state index contributed by atoms with van der Waals surface area (Å²) in [5.74, 6) is 0.890. The molecule has 1 aliphatic rings. The molecule has 156 valence electrons. The topological polar surface area (TPSA) is 92.5 Å². The fraction of sp³-hybridized carbons (Fsp3) is 0.136. The van der Waals surface area contributed by atoms with Gasteiger partial charge < -0.3 is 9.80 Å². The van der Waals surface area contributed by atoms with Crippen molar-refractivity contribution in [2.75, 3.05) is 23.4 Å². The molecule has 4 rings (SSSR count).